The van der Waals surface area contributed by atoms with E-state index in [1.54, 1.807) is 0 Å². The minimum atomic E-state index is 1.10. The molecule has 0 bridgehead atoms. The van der Waals surface area contributed by atoms with Gasteiger partial charge >= 0.3 is 0 Å². The van der Waals surface area contributed by atoms with Crippen molar-refractivity contribution in [3.05, 3.63) is 23.8 Å². The Labute approximate surface area is 49.3 Å². The van der Waals surface area contributed by atoms with Crippen LogP contribution in [0, 0.1) is 0 Å². The van der Waals surface area contributed by atoms with Crippen molar-refractivity contribution in [2.45, 2.75) is 13.8 Å². The van der Waals surface area contributed by atoms with Crippen molar-refractivity contribution < 1.29 is 0 Å². The lowest BCUT2D eigenvalue weighted by molar-refractivity contribution is 0.949. The van der Waals surface area contributed by atoms with Gasteiger partial charge in [-0.05, 0) is 19.4 Å². The zero-order valence-corrected chi connectivity index (χ0v) is 5.15. The molecule has 0 radical (unpaired) electrons. The van der Waals surface area contributed by atoms with Gasteiger partial charge in [0.1, 0.15) is 5.82 Å². The molecule has 0 saturated heterocycles. The van der Waals surface area contributed by atoms with Crippen LogP contribution in [0.2, 0.25) is 0 Å². The van der Waals surface area contributed by atoms with E-state index in [2.05, 4.69) is 24.5 Å². The molecule has 8 heavy (non-hydrogen) atoms. The molecule has 1 aliphatic rings. The highest BCUT2D eigenvalue weighted by Crippen LogP contribution is 1.98. The first kappa shape index (κ1) is 5.22. The summed E-state index contributed by atoms with van der Waals surface area (Å²) in [6.07, 6.45) is 3.75. The Kier molecular flexibility index (Phi) is 1.24. The van der Waals surface area contributed by atoms with E-state index >= 15 is 0 Å². The van der Waals surface area contributed by atoms with Crippen LogP contribution in [0.3, 0.4) is 0 Å². The first-order valence-corrected chi connectivity index (χ1v) is 2.66. The van der Waals surface area contributed by atoms with Crippen LogP contribution in [0.25, 0.3) is 0 Å². The maximum Gasteiger partial charge on any atom is 0.105 e. The SMILES string of the molecule is CC(C)=C1NC=CN1. The van der Waals surface area contributed by atoms with Crippen molar-refractivity contribution in [3.63, 3.8) is 0 Å². The van der Waals surface area contributed by atoms with Crippen molar-refractivity contribution in [1.29, 1.82) is 0 Å². The molecule has 0 amide bonds. The normalized spacial score (nSPS) is 15.5. The van der Waals surface area contributed by atoms with Crippen LogP contribution in [0.5, 0.6) is 0 Å². The van der Waals surface area contributed by atoms with Crippen molar-refractivity contribution in [2.24, 2.45) is 0 Å². The van der Waals surface area contributed by atoms with Crippen LogP contribution in [0.4, 0.5) is 0 Å². The number of hydrogen-bond acceptors (Lipinski definition) is 2. The Balaban J connectivity index is 2.64. The van der Waals surface area contributed by atoms with Gasteiger partial charge in [0.2, 0.25) is 0 Å². The minimum absolute atomic E-state index is 1.10. The van der Waals surface area contributed by atoms with E-state index in [-0.39, 0.29) is 0 Å². The summed E-state index contributed by atoms with van der Waals surface area (Å²) < 4.78 is 0. The van der Waals surface area contributed by atoms with Gasteiger partial charge in [-0.2, -0.15) is 0 Å². The molecule has 1 heterocycles. The van der Waals surface area contributed by atoms with E-state index < -0.39 is 0 Å². The minimum Gasteiger partial charge on any atom is -0.347 e. The zero-order chi connectivity index (χ0) is 5.98. The van der Waals surface area contributed by atoms with E-state index in [1.165, 1.54) is 5.57 Å². The van der Waals surface area contributed by atoms with Gasteiger partial charge in [-0.3, -0.25) is 0 Å². The van der Waals surface area contributed by atoms with Crippen molar-refractivity contribution in [1.82, 2.24) is 10.6 Å². The quantitative estimate of drug-likeness (QED) is 0.484. The molecule has 0 atom stereocenters. The summed E-state index contributed by atoms with van der Waals surface area (Å²) in [5, 5.41) is 6.09. The molecule has 0 aromatic carbocycles. The maximum absolute atomic E-state index is 3.04. The first-order valence-electron chi connectivity index (χ1n) is 2.66. The maximum atomic E-state index is 3.04. The standard InChI is InChI=1S/C6H10N2/c1-5(2)6-7-3-4-8-6/h3-4,7-8H,1-2H3. The van der Waals surface area contributed by atoms with Crippen LogP contribution in [-0.4, -0.2) is 0 Å². The summed E-state index contributed by atoms with van der Waals surface area (Å²) in [5.74, 6) is 1.10. The van der Waals surface area contributed by atoms with Gasteiger partial charge in [0, 0.05) is 12.4 Å². The van der Waals surface area contributed by atoms with E-state index in [9.17, 15) is 0 Å². The Hall–Kier alpha value is -0.920. The summed E-state index contributed by atoms with van der Waals surface area (Å²) in [6.45, 7) is 4.12. The lowest BCUT2D eigenvalue weighted by Crippen LogP contribution is -2.10. The fraction of sp³-hybridized carbons (Fsp3) is 0.333. The number of nitrogens with one attached hydrogen (secondary N) is 2. The molecule has 0 aromatic heterocycles. The fourth-order valence-electron chi connectivity index (χ4n) is 0.580. The van der Waals surface area contributed by atoms with E-state index in [4.69, 9.17) is 0 Å². The molecule has 1 aliphatic heterocycles. The molecule has 0 aliphatic carbocycles. The summed E-state index contributed by atoms with van der Waals surface area (Å²) in [7, 11) is 0. The average Bonchev–Trinajstić information content (AvgIpc) is 2.12. The molecular weight excluding hydrogens is 100 g/mol. The second-order valence-electron chi connectivity index (χ2n) is 2.00. The third kappa shape index (κ3) is 0.832. The Bertz CT molecular complexity index is 131. The van der Waals surface area contributed by atoms with Crippen molar-refractivity contribution >= 4 is 0 Å². The Morgan fingerprint density at radius 3 is 2.00 bits per heavy atom. The summed E-state index contributed by atoms with van der Waals surface area (Å²) in [6, 6.07) is 0. The smallest absolute Gasteiger partial charge is 0.105 e. The van der Waals surface area contributed by atoms with Crippen LogP contribution in [0.1, 0.15) is 13.8 Å². The van der Waals surface area contributed by atoms with Crippen LogP contribution >= 0.6 is 0 Å². The highest BCUT2D eigenvalue weighted by Gasteiger charge is 1.96. The molecule has 0 fully saturated rings. The van der Waals surface area contributed by atoms with Gasteiger partial charge in [0.25, 0.3) is 0 Å². The fourth-order valence-corrected chi connectivity index (χ4v) is 0.580. The number of allylic oxidation sites excluding steroid dienone is 1. The molecule has 0 aromatic rings. The first-order chi connectivity index (χ1) is 3.80. The van der Waals surface area contributed by atoms with E-state index in [1.807, 2.05) is 12.4 Å². The monoisotopic (exact) mass is 110 g/mol. The second-order valence-corrected chi connectivity index (χ2v) is 2.00. The van der Waals surface area contributed by atoms with Gasteiger partial charge < -0.3 is 10.6 Å². The van der Waals surface area contributed by atoms with Gasteiger partial charge in [0.05, 0.1) is 0 Å². The molecular formula is C6H10N2. The lowest BCUT2D eigenvalue weighted by atomic mass is 10.3. The third-order valence-electron chi connectivity index (χ3n) is 1.04. The van der Waals surface area contributed by atoms with Crippen molar-refractivity contribution in [3.8, 4) is 0 Å². The highest BCUT2D eigenvalue weighted by molar-refractivity contribution is 5.15. The summed E-state index contributed by atoms with van der Waals surface area (Å²) >= 11 is 0. The molecule has 2 nitrogen and oxygen atoms in total. The van der Waals surface area contributed by atoms with Gasteiger partial charge in [0.15, 0.2) is 0 Å². The molecule has 0 saturated carbocycles. The van der Waals surface area contributed by atoms with Gasteiger partial charge in [-0.25, -0.2) is 0 Å². The average molecular weight is 110 g/mol. The molecule has 44 valence electrons. The van der Waals surface area contributed by atoms with Gasteiger partial charge in [-0.1, -0.05) is 0 Å². The van der Waals surface area contributed by atoms with E-state index in [0.29, 0.717) is 0 Å². The third-order valence-corrected chi connectivity index (χ3v) is 1.04. The van der Waals surface area contributed by atoms with Crippen LogP contribution in [-0.2, 0) is 0 Å². The Morgan fingerprint density at radius 2 is 1.75 bits per heavy atom. The molecule has 2 heteroatoms. The largest absolute Gasteiger partial charge is 0.347 e. The Morgan fingerprint density at radius 1 is 1.25 bits per heavy atom. The molecule has 0 unspecified atom stereocenters. The highest BCUT2D eigenvalue weighted by atomic mass is 15.1. The topological polar surface area (TPSA) is 24.1 Å². The lowest BCUT2D eigenvalue weighted by Gasteiger charge is -1.99. The summed E-state index contributed by atoms with van der Waals surface area (Å²) in [5.41, 5.74) is 1.27. The second kappa shape index (κ2) is 1.90. The predicted molar refractivity (Wildman–Crippen MR) is 33.8 cm³/mol. The molecule has 2 N–H and O–H groups in total. The zero-order valence-electron chi connectivity index (χ0n) is 5.15. The molecule has 1 rings (SSSR count). The number of hydrogen-bond donors (Lipinski definition) is 2. The van der Waals surface area contributed by atoms with Crippen molar-refractivity contribution in [2.75, 3.05) is 0 Å². The summed E-state index contributed by atoms with van der Waals surface area (Å²) in [4.78, 5) is 0. The van der Waals surface area contributed by atoms with Gasteiger partial charge in [-0.15, -0.1) is 0 Å². The van der Waals surface area contributed by atoms with E-state index in [0.717, 1.165) is 5.82 Å². The number of rotatable bonds is 0. The van der Waals surface area contributed by atoms with Crippen LogP contribution < -0.4 is 10.6 Å². The van der Waals surface area contributed by atoms with Crippen LogP contribution in [0.15, 0.2) is 23.8 Å². The predicted octanol–water partition coefficient (Wildman–Crippen LogP) is 0.902. The molecule has 0 spiro atoms.